The smallest absolute Gasteiger partial charge is 0.337 e. The standard InChI is InChI=1S/C24H23NO8/c1-32-17-11-9-15(10-12-17)21(28)19-20(14-5-7-16(8-6-14)24(31)33-2)25(23(30)22(19)29)13-3-4-18(26)27/h5-12,20,28H,3-4,13H2,1-2H3,(H,26,27)/t20-/m0/s1. The second-order valence-corrected chi connectivity index (χ2v) is 7.33. The molecule has 33 heavy (non-hydrogen) atoms. The number of carbonyl (C=O) groups excluding carboxylic acids is 3. The molecule has 0 aromatic heterocycles. The Kier molecular flexibility index (Phi) is 7.12. The largest absolute Gasteiger partial charge is 0.507 e. The minimum atomic E-state index is -1.02. The Balaban J connectivity index is 2.08. The van der Waals surface area contributed by atoms with Crippen LogP contribution in [-0.2, 0) is 19.1 Å². The van der Waals surface area contributed by atoms with Crippen LogP contribution in [0.4, 0.5) is 0 Å². The summed E-state index contributed by atoms with van der Waals surface area (Å²) in [7, 11) is 2.75. The highest BCUT2D eigenvalue weighted by molar-refractivity contribution is 6.46. The number of hydrogen-bond acceptors (Lipinski definition) is 7. The SMILES string of the molecule is COC(=O)c1ccc([C@H]2C(=C(O)c3ccc(OC)cc3)C(=O)C(=O)N2CCCC(=O)O)cc1. The average Bonchev–Trinajstić information content (AvgIpc) is 3.08. The normalized spacial score (nSPS) is 17.2. The molecule has 1 fully saturated rings. The number of benzene rings is 2. The molecule has 3 rings (SSSR count). The number of amides is 1. The number of ether oxygens (including phenoxy) is 2. The van der Waals surface area contributed by atoms with Gasteiger partial charge in [-0.15, -0.1) is 0 Å². The predicted octanol–water partition coefficient (Wildman–Crippen LogP) is 2.77. The van der Waals surface area contributed by atoms with Crippen LogP contribution in [0.15, 0.2) is 54.1 Å². The number of methoxy groups -OCH3 is 2. The van der Waals surface area contributed by atoms with Crippen LogP contribution in [0, 0.1) is 0 Å². The van der Waals surface area contributed by atoms with E-state index in [-0.39, 0.29) is 36.3 Å². The van der Waals surface area contributed by atoms with Gasteiger partial charge in [0.1, 0.15) is 11.5 Å². The summed E-state index contributed by atoms with van der Waals surface area (Å²) in [5.41, 5.74) is 0.952. The van der Waals surface area contributed by atoms with Crippen molar-refractivity contribution in [2.24, 2.45) is 0 Å². The highest BCUT2D eigenvalue weighted by Crippen LogP contribution is 2.39. The zero-order valence-electron chi connectivity index (χ0n) is 18.1. The molecule has 1 atom stereocenters. The van der Waals surface area contributed by atoms with Gasteiger partial charge in [0.25, 0.3) is 11.7 Å². The second-order valence-electron chi connectivity index (χ2n) is 7.33. The van der Waals surface area contributed by atoms with E-state index >= 15 is 0 Å². The summed E-state index contributed by atoms with van der Waals surface area (Å²) in [4.78, 5) is 49.7. The fraction of sp³-hybridized carbons (Fsp3) is 0.250. The molecule has 0 spiro atoms. The Morgan fingerprint density at radius 2 is 1.55 bits per heavy atom. The Labute approximate surface area is 189 Å². The van der Waals surface area contributed by atoms with Gasteiger partial charge in [-0.3, -0.25) is 14.4 Å². The summed E-state index contributed by atoms with van der Waals surface area (Å²) >= 11 is 0. The Bertz CT molecular complexity index is 1100. The number of aliphatic carboxylic acids is 1. The number of likely N-dealkylation sites (tertiary alicyclic amines) is 1. The first-order chi connectivity index (χ1) is 15.8. The van der Waals surface area contributed by atoms with Gasteiger partial charge in [0.15, 0.2) is 0 Å². The van der Waals surface area contributed by atoms with Crippen molar-refractivity contribution >= 4 is 29.4 Å². The van der Waals surface area contributed by atoms with Gasteiger partial charge in [-0.05, 0) is 48.4 Å². The quantitative estimate of drug-likeness (QED) is 0.270. The van der Waals surface area contributed by atoms with Gasteiger partial charge in [-0.1, -0.05) is 12.1 Å². The first kappa shape index (κ1) is 23.5. The molecule has 1 heterocycles. The van der Waals surface area contributed by atoms with Crippen LogP contribution in [0.25, 0.3) is 5.76 Å². The van der Waals surface area contributed by atoms with E-state index in [9.17, 15) is 24.3 Å². The number of aliphatic hydroxyl groups is 1. The van der Waals surface area contributed by atoms with Crippen molar-refractivity contribution < 1.29 is 38.9 Å². The molecule has 1 aliphatic rings. The molecule has 0 aliphatic carbocycles. The molecule has 2 N–H and O–H groups in total. The number of aliphatic hydroxyl groups excluding tert-OH is 1. The summed E-state index contributed by atoms with van der Waals surface area (Å²) in [6, 6.07) is 11.5. The van der Waals surface area contributed by atoms with Crippen molar-refractivity contribution in [1.29, 1.82) is 0 Å². The van der Waals surface area contributed by atoms with E-state index in [0.29, 0.717) is 16.9 Å². The van der Waals surface area contributed by atoms with Crippen LogP contribution < -0.4 is 4.74 Å². The monoisotopic (exact) mass is 453 g/mol. The van der Waals surface area contributed by atoms with E-state index < -0.39 is 29.7 Å². The number of ketones is 1. The molecule has 0 bridgehead atoms. The Morgan fingerprint density at radius 3 is 2.09 bits per heavy atom. The Morgan fingerprint density at radius 1 is 0.939 bits per heavy atom. The number of carbonyl (C=O) groups is 4. The van der Waals surface area contributed by atoms with E-state index in [4.69, 9.17) is 14.6 Å². The lowest BCUT2D eigenvalue weighted by molar-refractivity contribution is -0.140. The Hall–Kier alpha value is -4.14. The van der Waals surface area contributed by atoms with E-state index in [2.05, 4.69) is 0 Å². The number of carboxylic acid groups (broad SMARTS) is 1. The summed E-state index contributed by atoms with van der Waals surface area (Å²) < 4.78 is 9.81. The number of hydrogen-bond donors (Lipinski definition) is 2. The lowest BCUT2D eigenvalue weighted by Gasteiger charge is -2.25. The lowest BCUT2D eigenvalue weighted by atomic mass is 9.94. The fourth-order valence-electron chi connectivity index (χ4n) is 3.68. The van der Waals surface area contributed by atoms with Gasteiger partial charge in [0.2, 0.25) is 0 Å². The molecule has 9 heteroatoms. The number of carboxylic acids is 1. The minimum absolute atomic E-state index is 0.000312. The maximum Gasteiger partial charge on any atom is 0.337 e. The third-order valence-electron chi connectivity index (χ3n) is 5.34. The molecule has 0 radical (unpaired) electrons. The summed E-state index contributed by atoms with van der Waals surface area (Å²) in [6.45, 7) is -0.000312. The minimum Gasteiger partial charge on any atom is -0.507 e. The zero-order valence-corrected chi connectivity index (χ0v) is 18.1. The lowest BCUT2D eigenvalue weighted by Crippen LogP contribution is -2.31. The molecule has 2 aromatic rings. The predicted molar refractivity (Wildman–Crippen MR) is 117 cm³/mol. The van der Waals surface area contributed by atoms with Gasteiger partial charge in [-0.25, -0.2) is 4.79 Å². The molecule has 1 amide bonds. The molecule has 0 unspecified atom stereocenters. The van der Waals surface area contributed by atoms with Gasteiger partial charge in [-0.2, -0.15) is 0 Å². The molecular weight excluding hydrogens is 430 g/mol. The third-order valence-corrected chi connectivity index (χ3v) is 5.34. The molecule has 1 saturated heterocycles. The molecule has 1 aliphatic heterocycles. The molecule has 172 valence electrons. The molecule has 0 saturated carbocycles. The van der Waals surface area contributed by atoms with Crippen molar-refractivity contribution in [3.8, 4) is 5.75 Å². The van der Waals surface area contributed by atoms with Crippen molar-refractivity contribution in [2.75, 3.05) is 20.8 Å². The molecule has 2 aromatic carbocycles. The van der Waals surface area contributed by atoms with Crippen molar-refractivity contribution in [1.82, 2.24) is 4.90 Å². The maximum atomic E-state index is 12.9. The van der Waals surface area contributed by atoms with E-state index in [1.807, 2.05) is 0 Å². The van der Waals surface area contributed by atoms with Gasteiger partial charge < -0.3 is 24.6 Å². The van der Waals surface area contributed by atoms with E-state index in [1.54, 1.807) is 36.4 Å². The number of nitrogens with zero attached hydrogens (tertiary/aromatic N) is 1. The van der Waals surface area contributed by atoms with Gasteiger partial charge in [0, 0.05) is 18.5 Å². The molecular formula is C24H23NO8. The van der Waals surface area contributed by atoms with Crippen molar-refractivity contribution in [2.45, 2.75) is 18.9 Å². The summed E-state index contributed by atoms with van der Waals surface area (Å²) in [5.74, 6) is -3.09. The van der Waals surface area contributed by atoms with E-state index in [0.717, 1.165) is 0 Å². The first-order valence-electron chi connectivity index (χ1n) is 10.1. The van der Waals surface area contributed by atoms with Crippen LogP contribution in [0.3, 0.4) is 0 Å². The van der Waals surface area contributed by atoms with Crippen LogP contribution in [-0.4, -0.2) is 59.5 Å². The highest BCUT2D eigenvalue weighted by Gasteiger charge is 2.45. The molecule has 9 nitrogen and oxygen atoms in total. The summed E-state index contributed by atoms with van der Waals surface area (Å²) in [6.07, 6.45) is -0.0584. The number of rotatable bonds is 8. The van der Waals surface area contributed by atoms with Crippen LogP contribution >= 0.6 is 0 Å². The van der Waals surface area contributed by atoms with Crippen LogP contribution in [0.1, 0.15) is 40.4 Å². The van der Waals surface area contributed by atoms with Crippen molar-refractivity contribution in [3.63, 3.8) is 0 Å². The second kappa shape index (κ2) is 9.99. The maximum absolute atomic E-state index is 12.9. The number of esters is 1. The summed E-state index contributed by atoms with van der Waals surface area (Å²) in [5, 5.41) is 19.9. The first-order valence-corrected chi connectivity index (χ1v) is 10.1. The zero-order chi connectivity index (χ0) is 24.1. The topological polar surface area (TPSA) is 130 Å². The van der Waals surface area contributed by atoms with E-state index in [1.165, 1.54) is 31.3 Å². The van der Waals surface area contributed by atoms with Gasteiger partial charge in [0.05, 0.1) is 31.4 Å². The fourth-order valence-corrected chi connectivity index (χ4v) is 3.68. The third kappa shape index (κ3) is 4.87. The number of Topliss-reactive ketones (excluding diaryl/α,β-unsaturated/α-hetero) is 1. The highest BCUT2D eigenvalue weighted by atomic mass is 16.5. The van der Waals surface area contributed by atoms with Gasteiger partial charge >= 0.3 is 11.9 Å². The van der Waals surface area contributed by atoms with Crippen molar-refractivity contribution in [3.05, 3.63) is 70.8 Å². The average molecular weight is 453 g/mol. The van der Waals surface area contributed by atoms with Crippen LogP contribution in [0.5, 0.6) is 5.75 Å². The van der Waals surface area contributed by atoms with Crippen LogP contribution in [0.2, 0.25) is 0 Å².